The smallest absolute Gasteiger partial charge is 0.225 e. The van der Waals surface area contributed by atoms with Crippen LogP contribution in [0.4, 0.5) is 5.95 Å². The molecule has 2 aliphatic heterocycles. The Balaban J connectivity index is 0.00000324. The van der Waals surface area contributed by atoms with Crippen molar-refractivity contribution in [2.24, 2.45) is 10.9 Å². The largest absolute Gasteiger partial charge is 0.356 e. The molecule has 0 unspecified atom stereocenters. The lowest BCUT2D eigenvalue weighted by Crippen LogP contribution is -2.53. The Morgan fingerprint density at radius 3 is 2.32 bits per heavy atom. The van der Waals surface area contributed by atoms with Crippen LogP contribution in [0.15, 0.2) is 53.8 Å². The van der Waals surface area contributed by atoms with Crippen LogP contribution in [0.3, 0.4) is 0 Å². The summed E-state index contributed by atoms with van der Waals surface area (Å²) in [5.41, 5.74) is 1.49. The number of anilines is 1. The van der Waals surface area contributed by atoms with Crippen molar-refractivity contribution in [1.82, 2.24) is 25.1 Å². The summed E-state index contributed by atoms with van der Waals surface area (Å²) in [6, 6.07) is 12.8. The zero-order chi connectivity index (χ0) is 22.7. The fraction of sp³-hybridized carbons (Fsp3) is 0.577. The van der Waals surface area contributed by atoms with Gasteiger partial charge in [-0.2, -0.15) is 0 Å². The fourth-order valence-electron chi connectivity index (χ4n) is 4.93. The molecule has 0 saturated carbocycles. The molecule has 1 N–H and O–H groups in total. The van der Waals surface area contributed by atoms with Crippen LogP contribution in [0.1, 0.15) is 31.2 Å². The van der Waals surface area contributed by atoms with Gasteiger partial charge in [-0.25, -0.2) is 9.97 Å². The first-order chi connectivity index (χ1) is 16.3. The summed E-state index contributed by atoms with van der Waals surface area (Å²) in [6.45, 7) is 8.43. The maximum Gasteiger partial charge on any atom is 0.225 e. The van der Waals surface area contributed by atoms with Gasteiger partial charge < -0.3 is 20.0 Å². The zero-order valence-corrected chi connectivity index (χ0v) is 22.8. The summed E-state index contributed by atoms with van der Waals surface area (Å²) >= 11 is 0. The molecule has 0 aliphatic carbocycles. The SMILES string of the molecule is CN=C(NCCCCN1CCC(Cc2ccccc2)CC1)N1CCN(c2ncccn2)CC1.I. The number of guanidine groups is 1. The van der Waals surface area contributed by atoms with Crippen LogP contribution in [0.25, 0.3) is 0 Å². The van der Waals surface area contributed by atoms with E-state index in [2.05, 4.69) is 65.3 Å². The number of likely N-dealkylation sites (tertiary alicyclic amines) is 1. The van der Waals surface area contributed by atoms with Gasteiger partial charge in [0.2, 0.25) is 5.95 Å². The minimum absolute atomic E-state index is 0. The minimum atomic E-state index is 0. The summed E-state index contributed by atoms with van der Waals surface area (Å²) < 4.78 is 0. The van der Waals surface area contributed by atoms with E-state index in [-0.39, 0.29) is 24.0 Å². The summed E-state index contributed by atoms with van der Waals surface area (Å²) in [4.78, 5) is 20.5. The highest BCUT2D eigenvalue weighted by Gasteiger charge is 2.21. The van der Waals surface area contributed by atoms with Gasteiger partial charge in [0.15, 0.2) is 5.96 Å². The van der Waals surface area contributed by atoms with Crippen LogP contribution in [0, 0.1) is 5.92 Å². The topological polar surface area (TPSA) is 59.9 Å². The van der Waals surface area contributed by atoms with E-state index in [1.807, 2.05) is 25.5 Å². The number of nitrogens with one attached hydrogen (secondary N) is 1. The molecule has 0 amide bonds. The van der Waals surface area contributed by atoms with Gasteiger partial charge >= 0.3 is 0 Å². The van der Waals surface area contributed by atoms with Crippen LogP contribution in [0.5, 0.6) is 0 Å². The molecule has 0 bridgehead atoms. The molecule has 7 nitrogen and oxygen atoms in total. The van der Waals surface area contributed by atoms with Crippen LogP contribution < -0.4 is 10.2 Å². The third-order valence-electron chi connectivity index (χ3n) is 6.88. The van der Waals surface area contributed by atoms with Crippen molar-refractivity contribution in [3.63, 3.8) is 0 Å². The number of rotatable bonds is 8. The standard InChI is InChI=1S/C26H39N7.HI/c1-27-25(32-18-20-33(21-19-32)26-29-13-7-14-30-26)28-12-5-6-15-31-16-10-24(11-17-31)22-23-8-3-2-4-9-23;/h2-4,7-9,13-14,24H,5-6,10-12,15-22H2,1H3,(H,27,28);1H. The van der Waals surface area contributed by atoms with E-state index in [4.69, 9.17) is 0 Å². The van der Waals surface area contributed by atoms with Crippen molar-refractivity contribution in [1.29, 1.82) is 0 Å². The second-order valence-corrected chi connectivity index (χ2v) is 9.18. The number of nitrogens with zero attached hydrogens (tertiary/aromatic N) is 6. The number of hydrogen-bond donors (Lipinski definition) is 1. The summed E-state index contributed by atoms with van der Waals surface area (Å²) in [7, 11) is 1.88. The fourth-order valence-corrected chi connectivity index (χ4v) is 4.93. The lowest BCUT2D eigenvalue weighted by atomic mass is 9.90. The maximum absolute atomic E-state index is 4.51. The summed E-state index contributed by atoms with van der Waals surface area (Å²) in [5.74, 6) is 2.69. The van der Waals surface area contributed by atoms with Crippen molar-refractivity contribution in [2.75, 3.05) is 64.3 Å². The maximum atomic E-state index is 4.51. The number of piperazine rings is 1. The van der Waals surface area contributed by atoms with Gasteiger partial charge in [-0.1, -0.05) is 30.3 Å². The molecule has 8 heteroatoms. The minimum Gasteiger partial charge on any atom is -0.356 e. The Morgan fingerprint density at radius 1 is 0.941 bits per heavy atom. The second-order valence-electron chi connectivity index (χ2n) is 9.18. The lowest BCUT2D eigenvalue weighted by molar-refractivity contribution is 0.181. The molecule has 0 atom stereocenters. The van der Waals surface area contributed by atoms with Crippen molar-refractivity contribution in [3.05, 3.63) is 54.4 Å². The van der Waals surface area contributed by atoms with Crippen LogP contribution >= 0.6 is 24.0 Å². The average molecular weight is 578 g/mol. The van der Waals surface area contributed by atoms with Crippen molar-refractivity contribution >= 4 is 35.9 Å². The Kier molecular flexibility index (Phi) is 11.3. The van der Waals surface area contributed by atoms with E-state index in [1.165, 1.54) is 57.3 Å². The molecule has 0 spiro atoms. The number of piperidine rings is 1. The predicted molar refractivity (Wildman–Crippen MR) is 151 cm³/mol. The van der Waals surface area contributed by atoms with Crippen LogP contribution in [-0.4, -0.2) is 85.1 Å². The molecular formula is C26H40IN7. The number of aliphatic imine (C=N–C) groups is 1. The highest BCUT2D eigenvalue weighted by Crippen LogP contribution is 2.21. The van der Waals surface area contributed by atoms with E-state index < -0.39 is 0 Å². The molecule has 3 heterocycles. The molecule has 4 rings (SSSR count). The predicted octanol–water partition coefficient (Wildman–Crippen LogP) is 3.53. The molecule has 1 aromatic heterocycles. The summed E-state index contributed by atoms with van der Waals surface area (Å²) in [5, 5.41) is 3.57. The van der Waals surface area contributed by atoms with Crippen LogP contribution in [-0.2, 0) is 6.42 Å². The first kappa shape index (κ1) is 26.7. The Labute approximate surface area is 222 Å². The Bertz CT molecular complexity index is 833. The molecule has 186 valence electrons. The second kappa shape index (κ2) is 14.5. The Hall–Kier alpha value is -1.94. The van der Waals surface area contributed by atoms with E-state index in [9.17, 15) is 0 Å². The van der Waals surface area contributed by atoms with Crippen LogP contribution in [0.2, 0.25) is 0 Å². The molecule has 2 aromatic rings. The Morgan fingerprint density at radius 2 is 1.65 bits per heavy atom. The average Bonchev–Trinajstić information content (AvgIpc) is 2.88. The van der Waals surface area contributed by atoms with Gasteiger partial charge in [0.05, 0.1) is 0 Å². The number of halogens is 1. The van der Waals surface area contributed by atoms with Crippen molar-refractivity contribution in [2.45, 2.75) is 32.1 Å². The van der Waals surface area contributed by atoms with Gasteiger partial charge in [0.1, 0.15) is 0 Å². The monoisotopic (exact) mass is 577 g/mol. The number of aromatic nitrogens is 2. The lowest BCUT2D eigenvalue weighted by Gasteiger charge is -2.36. The van der Waals surface area contributed by atoms with Crippen molar-refractivity contribution in [3.8, 4) is 0 Å². The molecule has 2 saturated heterocycles. The van der Waals surface area contributed by atoms with Gasteiger partial charge in [-0.05, 0) is 69.3 Å². The van der Waals surface area contributed by atoms with Crippen molar-refractivity contribution < 1.29 is 0 Å². The number of unbranched alkanes of at least 4 members (excludes halogenated alkanes) is 1. The van der Waals surface area contributed by atoms with E-state index in [0.717, 1.165) is 50.5 Å². The third kappa shape index (κ3) is 8.08. The van der Waals surface area contributed by atoms with Gasteiger partial charge in [0, 0.05) is 52.2 Å². The summed E-state index contributed by atoms with van der Waals surface area (Å²) in [6.07, 6.45) is 9.95. The molecule has 34 heavy (non-hydrogen) atoms. The molecular weight excluding hydrogens is 537 g/mol. The van der Waals surface area contributed by atoms with E-state index in [1.54, 1.807) is 0 Å². The van der Waals surface area contributed by atoms with Gasteiger partial charge in [-0.15, -0.1) is 24.0 Å². The van der Waals surface area contributed by atoms with E-state index >= 15 is 0 Å². The molecule has 2 aliphatic rings. The normalized spacial score (nSPS) is 18.0. The van der Waals surface area contributed by atoms with E-state index in [0.29, 0.717) is 0 Å². The number of benzene rings is 1. The number of hydrogen-bond acceptors (Lipinski definition) is 5. The highest BCUT2D eigenvalue weighted by atomic mass is 127. The quantitative estimate of drug-likeness (QED) is 0.224. The molecule has 0 radical (unpaired) electrons. The zero-order valence-electron chi connectivity index (χ0n) is 20.5. The highest BCUT2D eigenvalue weighted by molar-refractivity contribution is 14.0. The van der Waals surface area contributed by atoms with Gasteiger partial charge in [-0.3, -0.25) is 4.99 Å². The first-order valence-electron chi connectivity index (χ1n) is 12.6. The third-order valence-corrected chi connectivity index (χ3v) is 6.88. The first-order valence-corrected chi connectivity index (χ1v) is 12.6. The van der Waals surface area contributed by atoms with Gasteiger partial charge in [0.25, 0.3) is 0 Å². The molecule has 1 aromatic carbocycles. The molecule has 2 fully saturated rings.